The molecule has 0 spiro atoms. The van der Waals surface area contributed by atoms with Gasteiger partial charge >= 0.3 is 16.8 Å². The second kappa shape index (κ2) is 39.9. The van der Waals surface area contributed by atoms with Gasteiger partial charge in [-0.15, -0.1) is 0 Å². The first-order chi connectivity index (χ1) is 25.4. The van der Waals surface area contributed by atoms with Gasteiger partial charge in [0.2, 0.25) is 0 Å². The van der Waals surface area contributed by atoms with Gasteiger partial charge < -0.3 is 10.6 Å². The van der Waals surface area contributed by atoms with E-state index in [2.05, 4.69) is 93.7 Å². The van der Waals surface area contributed by atoms with Crippen molar-refractivity contribution in [3.8, 4) is 0 Å². The Balaban J connectivity index is -0.000000966. The molecule has 0 saturated heterocycles. The first-order valence-electron chi connectivity index (χ1n) is 24.8. The molecule has 0 fully saturated rings. The zero-order valence-electron chi connectivity index (χ0n) is 40.8. The van der Waals surface area contributed by atoms with Gasteiger partial charge in [-0.25, -0.2) is 0 Å². The SMILES string of the molecule is CC(C)(C)CCCCCCCCCNCCCCCCCCCC(C)(C)C.CC(C)(C)CCCCCCCCCNCCCCCCCCCC(C)(C)C.[Co+2]. The smallest absolute Gasteiger partial charge is 0.317 e. The number of unbranched alkanes of at least 4 members (excludes halogenated alkanes) is 24. The molecule has 0 aromatic rings. The zero-order valence-corrected chi connectivity index (χ0v) is 41.8. The first kappa shape index (κ1) is 59.7. The topological polar surface area (TPSA) is 24.1 Å². The maximum atomic E-state index is 3.64. The van der Waals surface area contributed by atoms with Crippen LogP contribution in [0.2, 0.25) is 0 Å². The summed E-state index contributed by atoms with van der Waals surface area (Å²) < 4.78 is 0. The molecule has 2 N–H and O–H groups in total. The molecule has 0 heterocycles. The summed E-state index contributed by atoms with van der Waals surface area (Å²) in [5.41, 5.74) is 2.10. The van der Waals surface area contributed by atoms with Crippen molar-refractivity contribution >= 4 is 0 Å². The predicted octanol–water partition coefficient (Wildman–Crippen LogP) is 17.8. The Labute approximate surface area is 362 Å². The van der Waals surface area contributed by atoms with Crippen molar-refractivity contribution < 1.29 is 16.8 Å². The minimum absolute atomic E-state index is 0. The van der Waals surface area contributed by atoms with E-state index in [9.17, 15) is 0 Å². The van der Waals surface area contributed by atoms with Gasteiger partial charge in [0.25, 0.3) is 0 Å². The summed E-state index contributed by atoms with van der Waals surface area (Å²) in [6.07, 6.45) is 45.4. The second-order valence-corrected chi connectivity index (χ2v) is 22.6. The monoisotopic (exact) mass is 822 g/mol. The normalized spacial score (nSPS) is 12.4. The van der Waals surface area contributed by atoms with E-state index in [0.29, 0.717) is 21.7 Å². The summed E-state index contributed by atoms with van der Waals surface area (Å²) in [4.78, 5) is 0. The molecule has 0 saturated carbocycles. The van der Waals surface area contributed by atoms with Crippen LogP contribution in [0.4, 0.5) is 0 Å². The molecule has 0 aliphatic rings. The van der Waals surface area contributed by atoms with Crippen LogP contribution in [-0.2, 0) is 16.8 Å². The van der Waals surface area contributed by atoms with E-state index >= 15 is 0 Å². The summed E-state index contributed by atoms with van der Waals surface area (Å²) in [5.74, 6) is 0. The van der Waals surface area contributed by atoms with Crippen molar-refractivity contribution in [2.24, 2.45) is 21.7 Å². The van der Waals surface area contributed by atoms with Crippen molar-refractivity contribution in [3.63, 3.8) is 0 Å². The third kappa shape index (κ3) is 63.8. The molecule has 0 aromatic heterocycles. The fraction of sp³-hybridized carbons (Fsp3) is 1.00. The Morgan fingerprint density at radius 3 is 0.473 bits per heavy atom. The van der Waals surface area contributed by atoms with Crippen molar-refractivity contribution in [3.05, 3.63) is 0 Å². The average Bonchev–Trinajstić information content (AvgIpc) is 3.05. The summed E-state index contributed by atoms with van der Waals surface area (Å²) in [6, 6.07) is 0. The number of nitrogens with one attached hydrogen (secondary N) is 2. The minimum Gasteiger partial charge on any atom is -0.317 e. The molecule has 0 aromatic carbocycles. The predicted molar refractivity (Wildman–Crippen MR) is 251 cm³/mol. The molecule has 0 amide bonds. The van der Waals surface area contributed by atoms with E-state index in [0.717, 1.165) is 0 Å². The van der Waals surface area contributed by atoms with Crippen LogP contribution < -0.4 is 10.6 Å². The van der Waals surface area contributed by atoms with Gasteiger partial charge in [-0.2, -0.15) is 0 Å². The van der Waals surface area contributed by atoms with Gasteiger partial charge in [0, 0.05) is 0 Å². The van der Waals surface area contributed by atoms with Crippen molar-refractivity contribution in [2.75, 3.05) is 26.2 Å². The molecule has 0 aliphatic heterocycles. The van der Waals surface area contributed by atoms with Crippen molar-refractivity contribution in [1.82, 2.24) is 10.6 Å². The van der Waals surface area contributed by atoms with Gasteiger partial charge in [0.15, 0.2) is 0 Å². The molecule has 335 valence electrons. The third-order valence-corrected chi connectivity index (χ3v) is 11.1. The Kier molecular flexibility index (Phi) is 43.3. The van der Waals surface area contributed by atoms with Gasteiger partial charge in [0.1, 0.15) is 0 Å². The Hall–Kier alpha value is 0.426. The quantitative estimate of drug-likeness (QED) is 0.0615. The summed E-state index contributed by atoms with van der Waals surface area (Å²) in [6.45, 7) is 33.2. The standard InChI is InChI=1S/2C26H55N.Co/c2*1-25(2,3)21-17-13-9-7-11-15-19-23-27-24-20-16-12-8-10-14-18-22-26(4,5)6;/h2*27H,7-24H2,1-6H3;/q;;+2. The molecule has 55 heavy (non-hydrogen) atoms. The molecule has 0 aliphatic carbocycles. The van der Waals surface area contributed by atoms with Crippen LogP contribution in [0.1, 0.15) is 289 Å². The molecule has 2 nitrogen and oxygen atoms in total. The van der Waals surface area contributed by atoms with E-state index in [-0.39, 0.29) is 16.8 Å². The molecule has 3 heteroatoms. The molecule has 1 radical (unpaired) electrons. The van der Waals surface area contributed by atoms with E-state index in [1.54, 1.807) is 0 Å². The van der Waals surface area contributed by atoms with Gasteiger partial charge in [-0.1, -0.05) is 237 Å². The fourth-order valence-corrected chi connectivity index (χ4v) is 7.41. The Morgan fingerprint density at radius 1 is 0.200 bits per heavy atom. The van der Waals surface area contributed by atoms with Gasteiger partial charge in [-0.3, -0.25) is 0 Å². The summed E-state index contributed by atoms with van der Waals surface area (Å²) >= 11 is 0. The van der Waals surface area contributed by atoms with Crippen LogP contribution in [0.15, 0.2) is 0 Å². The van der Waals surface area contributed by atoms with Gasteiger partial charge in [0.05, 0.1) is 0 Å². The van der Waals surface area contributed by atoms with Crippen LogP contribution >= 0.6 is 0 Å². The summed E-state index contributed by atoms with van der Waals surface area (Å²) in [5, 5.41) is 7.28. The largest absolute Gasteiger partial charge is 2.00 e. The molecular weight excluding hydrogens is 712 g/mol. The molecule has 0 bridgehead atoms. The van der Waals surface area contributed by atoms with E-state index < -0.39 is 0 Å². The van der Waals surface area contributed by atoms with Crippen molar-refractivity contribution in [2.45, 2.75) is 289 Å². The molecule has 0 rings (SSSR count). The average molecular weight is 822 g/mol. The number of hydrogen-bond donors (Lipinski definition) is 2. The second-order valence-electron chi connectivity index (χ2n) is 22.6. The molecule has 0 atom stereocenters. The Morgan fingerprint density at radius 2 is 0.327 bits per heavy atom. The van der Waals surface area contributed by atoms with E-state index in [1.807, 2.05) is 0 Å². The maximum absolute atomic E-state index is 3.64. The van der Waals surface area contributed by atoms with Crippen LogP contribution in [0, 0.1) is 21.7 Å². The summed E-state index contributed by atoms with van der Waals surface area (Å²) in [7, 11) is 0. The van der Waals surface area contributed by atoms with Crippen LogP contribution in [0.5, 0.6) is 0 Å². The third-order valence-electron chi connectivity index (χ3n) is 11.1. The maximum Gasteiger partial charge on any atom is 2.00 e. The first-order valence-corrected chi connectivity index (χ1v) is 24.8. The fourth-order valence-electron chi connectivity index (χ4n) is 7.41. The van der Waals surface area contributed by atoms with E-state index in [4.69, 9.17) is 0 Å². The van der Waals surface area contributed by atoms with Crippen molar-refractivity contribution in [1.29, 1.82) is 0 Å². The molecule has 0 unspecified atom stereocenters. The number of rotatable bonds is 36. The van der Waals surface area contributed by atoms with Crippen LogP contribution in [0.3, 0.4) is 0 Å². The minimum atomic E-state index is 0. The van der Waals surface area contributed by atoms with Crippen LogP contribution in [-0.4, -0.2) is 26.2 Å². The molecular formula is C52H110CoN2+2. The van der Waals surface area contributed by atoms with E-state index in [1.165, 1.54) is 232 Å². The Bertz CT molecular complexity index is 598. The zero-order chi connectivity index (χ0) is 40.9. The van der Waals surface area contributed by atoms with Gasteiger partial charge in [-0.05, 0) is 99.2 Å². The van der Waals surface area contributed by atoms with Crippen LogP contribution in [0.25, 0.3) is 0 Å². The number of hydrogen-bond acceptors (Lipinski definition) is 2.